The molecule has 8 heteroatoms. The number of hydrogen-bond acceptors (Lipinski definition) is 8. The summed E-state index contributed by atoms with van der Waals surface area (Å²) in [5.41, 5.74) is 9.54. The zero-order valence-electron chi connectivity index (χ0n) is 25.9. The fourth-order valence-corrected chi connectivity index (χ4v) is 7.20. The Labute approximate surface area is 263 Å². The molecule has 5 atom stereocenters. The summed E-state index contributed by atoms with van der Waals surface area (Å²) in [4.78, 5) is 0. The highest BCUT2D eigenvalue weighted by atomic mass is 16.7. The van der Waals surface area contributed by atoms with E-state index < -0.39 is 42.7 Å². The van der Waals surface area contributed by atoms with Crippen molar-refractivity contribution >= 4 is 0 Å². The van der Waals surface area contributed by atoms with Crippen molar-refractivity contribution in [3.05, 3.63) is 117 Å². The zero-order chi connectivity index (χ0) is 32.0. The molecule has 0 aromatic heterocycles. The van der Waals surface area contributed by atoms with E-state index in [0.29, 0.717) is 5.75 Å². The van der Waals surface area contributed by atoms with Crippen LogP contribution < -0.4 is 9.47 Å². The van der Waals surface area contributed by atoms with Crippen molar-refractivity contribution in [1.29, 1.82) is 0 Å². The Morgan fingerprint density at radius 3 is 1.64 bits per heavy atom. The molecule has 6 rings (SSSR count). The number of hydrogen-bond donors (Lipinski definition) is 5. The summed E-state index contributed by atoms with van der Waals surface area (Å²) in [6.07, 6.45) is -6.88. The van der Waals surface area contributed by atoms with Crippen LogP contribution in [0.1, 0.15) is 44.5 Å². The van der Waals surface area contributed by atoms with E-state index in [1.807, 2.05) is 27.7 Å². The molecule has 1 saturated heterocycles. The Morgan fingerprint density at radius 2 is 1.16 bits per heavy atom. The lowest BCUT2D eigenvalue weighted by atomic mass is 9.66. The summed E-state index contributed by atoms with van der Waals surface area (Å²) in [7, 11) is 0. The predicted molar refractivity (Wildman–Crippen MR) is 170 cm³/mol. The van der Waals surface area contributed by atoms with Gasteiger partial charge in [-0.05, 0) is 83.3 Å². The van der Waals surface area contributed by atoms with Gasteiger partial charge < -0.3 is 39.7 Å². The molecule has 1 fully saturated rings. The first-order chi connectivity index (χ1) is 21.6. The number of aryl methyl sites for hydroxylation is 4. The number of rotatable bonds is 8. The van der Waals surface area contributed by atoms with E-state index in [4.69, 9.17) is 14.2 Å². The second kappa shape index (κ2) is 12.2. The van der Waals surface area contributed by atoms with Crippen molar-refractivity contribution in [3.8, 4) is 22.6 Å². The standard InChI is InChI=1S/C37H40O8/c1-20-15-24(16-21(2)34(20)43-14-13-38)37(28-11-7-5-9-26(28)27-10-6-8-12-29(27)37)25-17-22(3)35(23(4)18-25)45-36-33(42)32(41)31(40)30(19-39)44-36/h5-12,15-18,30-33,36,38-42H,13-14,19H2,1-4H3/t30-,31-,32+,33-,36?/m1/s1. The van der Waals surface area contributed by atoms with Gasteiger partial charge in [0, 0.05) is 0 Å². The van der Waals surface area contributed by atoms with Crippen LogP contribution in [0.2, 0.25) is 0 Å². The monoisotopic (exact) mass is 612 g/mol. The first-order valence-electron chi connectivity index (χ1n) is 15.3. The Kier molecular flexibility index (Phi) is 8.47. The third-order valence-corrected chi connectivity index (χ3v) is 9.16. The van der Waals surface area contributed by atoms with E-state index in [-0.39, 0.29) is 13.2 Å². The topological polar surface area (TPSA) is 129 Å². The van der Waals surface area contributed by atoms with E-state index in [1.54, 1.807) is 0 Å². The van der Waals surface area contributed by atoms with Crippen LogP contribution in [0.25, 0.3) is 11.1 Å². The molecule has 8 nitrogen and oxygen atoms in total. The van der Waals surface area contributed by atoms with Crippen molar-refractivity contribution < 1.29 is 39.7 Å². The maximum atomic E-state index is 10.7. The SMILES string of the molecule is Cc1cc(C2(c3cc(C)c(OC4O[C@H](CO)[C@@H](O)[C@H](O)[C@H]4O)c(C)c3)c3ccccc3-c3ccccc32)cc(C)c1OCCO. The van der Waals surface area contributed by atoms with E-state index in [9.17, 15) is 25.5 Å². The van der Waals surface area contributed by atoms with Crippen LogP contribution >= 0.6 is 0 Å². The van der Waals surface area contributed by atoms with E-state index in [1.165, 1.54) is 0 Å². The van der Waals surface area contributed by atoms with Gasteiger partial charge in [-0.2, -0.15) is 0 Å². The van der Waals surface area contributed by atoms with Gasteiger partial charge in [-0.15, -0.1) is 0 Å². The molecule has 1 aliphatic carbocycles. The number of aliphatic hydroxyl groups is 5. The van der Waals surface area contributed by atoms with Gasteiger partial charge in [-0.3, -0.25) is 0 Å². The molecule has 0 bridgehead atoms. The fourth-order valence-electron chi connectivity index (χ4n) is 7.20. The van der Waals surface area contributed by atoms with Gasteiger partial charge in [0.2, 0.25) is 6.29 Å². The Morgan fingerprint density at radius 1 is 0.667 bits per heavy atom. The molecule has 1 aliphatic heterocycles. The molecular weight excluding hydrogens is 572 g/mol. The number of benzene rings is 4. The smallest absolute Gasteiger partial charge is 0.229 e. The van der Waals surface area contributed by atoms with Crippen molar-refractivity contribution in [2.75, 3.05) is 19.8 Å². The molecule has 2 aliphatic rings. The molecule has 0 amide bonds. The van der Waals surface area contributed by atoms with Gasteiger partial charge in [0.25, 0.3) is 0 Å². The minimum Gasteiger partial charge on any atom is -0.491 e. The van der Waals surface area contributed by atoms with Crippen LogP contribution in [0.5, 0.6) is 11.5 Å². The highest BCUT2D eigenvalue weighted by molar-refractivity contribution is 5.86. The van der Waals surface area contributed by atoms with Gasteiger partial charge in [0.1, 0.15) is 42.5 Å². The predicted octanol–water partition coefficient (Wildman–Crippen LogP) is 3.83. The molecule has 0 saturated carbocycles. The minimum atomic E-state index is -1.54. The van der Waals surface area contributed by atoms with Crippen molar-refractivity contribution in [2.45, 2.75) is 63.8 Å². The van der Waals surface area contributed by atoms with Gasteiger partial charge >= 0.3 is 0 Å². The van der Waals surface area contributed by atoms with E-state index in [2.05, 4.69) is 72.8 Å². The maximum Gasteiger partial charge on any atom is 0.229 e. The summed E-state index contributed by atoms with van der Waals surface area (Å²) in [6.45, 7) is 7.52. The Hall–Kier alpha value is -3.76. The lowest BCUT2D eigenvalue weighted by molar-refractivity contribution is -0.277. The van der Waals surface area contributed by atoms with Crippen LogP contribution in [0, 0.1) is 27.7 Å². The Balaban J connectivity index is 1.54. The summed E-state index contributed by atoms with van der Waals surface area (Å²) in [5, 5.41) is 50.3. The van der Waals surface area contributed by atoms with E-state index >= 15 is 0 Å². The molecule has 45 heavy (non-hydrogen) atoms. The van der Waals surface area contributed by atoms with Crippen molar-refractivity contribution in [3.63, 3.8) is 0 Å². The molecule has 0 spiro atoms. The largest absolute Gasteiger partial charge is 0.491 e. The van der Waals surface area contributed by atoms with Gasteiger partial charge in [0.15, 0.2) is 0 Å². The highest BCUT2D eigenvalue weighted by Crippen LogP contribution is 2.57. The van der Waals surface area contributed by atoms with Crippen molar-refractivity contribution in [1.82, 2.24) is 0 Å². The molecule has 236 valence electrons. The first-order valence-corrected chi connectivity index (χ1v) is 15.3. The number of ether oxygens (including phenoxy) is 3. The molecule has 5 N–H and O–H groups in total. The van der Waals surface area contributed by atoms with Crippen LogP contribution in [0.3, 0.4) is 0 Å². The Bertz CT molecular complexity index is 1620. The summed E-state index contributed by atoms with van der Waals surface area (Å²) in [5.74, 6) is 1.25. The van der Waals surface area contributed by atoms with Crippen LogP contribution in [-0.2, 0) is 10.2 Å². The zero-order valence-corrected chi connectivity index (χ0v) is 25.9. The molecular formula is C37H40O8. The van der Waals surface area contributed by atoms with Gasteiger partial charge in [0.05, 0.1) is 18.6 Å². The third kappa shape index (κ3) is 5.02. The molecule has 4 aromatic carbocycles. The maximum absolute atomic E-state index is 10.7. The van der Waals surface area contributed by atoms with Gasteiger partial charge in [-0.25, -0.2) is 0 Å². The molecule has 4 aromatic rings. The average molecular weight is 613 g/mol. The summed E-state index contributed by atoms with van der Waals surface area (Å²) in [6, 6.07) is 25.4. The minimum absolute atomic E-state index is 0.0680. The quantitative estimate of drug-likeness (QED) is 0.179. The second-order valence-corrected chi connectivity index (χ2v) is 12.1. The van der Waals surface area contributed by atoms with Gasteiger partial charge in [-0.1, -0.05) is 72.8 Å². The lowest BCUT2D eigenvalue weighted by Gasteiger charge is -2.40. The van der Waals surface area contributed by atoms with E-state index in [0.717, 1.165) is 61.4 Å². The normalized spacial score (nSPS) is 23.4. The third-order valence-electron chi connectivity index (χ3n) is 9.16. The number of aliphatic hydroxyl groups excluding tert-OH is 5. The highest BCUT2D eigenvalue weighted by Gasteiger charge is 2.48. The first kappa shape index (κ1) is 31.2. The average Bonchev–Trinajstić information content (AvgIpc) is 3.33. The summed E-state index contributed by atoms with van der Waals surface area (Å²) < 4.78 is 17.8. The molecule has 1 unspecified atom stereocenters. The van der Waals surface area contributed by atoms with Crippen molar-refractivity contribution in [2.24, 2.45) is 0 Å². The van der Waals surface area contributed by atoms with Crippen LogP contribution in [-0.4, -0.2) is 76.1 Å². The lowest BCUT2D eigenvalue weighted by Crippen LogP contribution is -2.60. The summed E-state index contributed by atoms with van der Waals surface area (Å²) >= 11 is 0. The second-order valence-electron chi connectivity index (χ2n) is 12.1. The number of fused-ring (bicyclic) bond motifs is 3. The fraction of sp³-hybridized carbons (Fsp3) is 0.351. The van der Waals surface area contributed by atoms with Crippen LogP contribution in [0.4, 0.5) is 0 Å². The molecule has 0 radical (unpaired) electrons. The molecule has 1 heterocycles. The van der Waals surface area contributed by atoms with Crippen LogP contribution in [0.15, 0.2) is 72.8 Å².